The van der Waals surface area contributed by atoms with Gasteiger partial charge in [-0.15, -0.1) is 0 Å². The Balaban J connectivity index is 1.84. The average molecular weight is 254 g/mol. The van der Waals surface area contributed by atoms with Crippen LogP contribution < -0.4 is 5.32 Å². The van der Waals surface area contributed by atoms with Crippen LogP contribution >= 0.6 is 0 Å². The monoisotopic (exact) mass is 254 g/mol. The first-order valence-corrected chi connectivity index (χ1v) is 6.29. The molecular formula is C16H15FN2. The first-order valence-electron chi connectivity index (χ1n) is 6.29. The SMILES string of the molecule is Cc1c(F)cccc1NCc1c[nH]c2ccccc12. The Kier molecular flexibility index (Phi) is 2.95. The number of fused-ring (bicyclic) bond motifs is 1. The van der Waals surface area contributed by atoms with Gasteiger partial charge in [0.1, 0.15) is 5.82 Å². The zero-order chi connectivity index (χ0) is 13.2. The van der Waals surface area contributed by atoms with Crippen molar-refractivity contribution in [2.75, 3.05) is 5.32 Å². The fourth-order valence-corrected chi connectivity index (χ4v) is 2.27. The maximum atomic E-state index is 13.5. The van der Waals surface area contributed by atoms with E-state index < -0.39 is 0 Å². The first kappa shape index (κ1) is 11.8. The topological polar surface area (TPSA) is 27.8 Å². The summed E-state index contributed by atoms with van der Waals surface area (Å²) in [6.45, 7) is 2.46. The summed E-state index contributed by atoms with van der Waals surface area (Å²) in [7, 11) is 0. The average Bonchev–Trinajstić information content (AvgIpc) is 2.84. The third-order valence-corrected chi connectivity index (χ3v) is 3.41. The molecule has 2 nitrogen and oxygen atoms in total. The number of hydrogen-bond acceptors (Lipinski definition) is 1. The largest absolute Gasteiger partial charge is 0.381 e. The number of hydrogen-bond donors (Lipinski definition) is 2. The molecule has 0 unspecified atom stereocenters. The Labute approximate surface area is 111 Å². The normalized spacial score (nSPS) is 10.8. The van der Waals surface area contributed by atoms with E-state index in [4.69, 9.17) is 0 Å². The molecule has 0 aliphatic carbocycles. The van der Waals surface area contributed by atoms with E-state index in [0.29, 0.717) is 12.1 Å². The third kappa shape index (κ3) is 2.19. The Morgan fingerprint density at radius 3 is 2.84 bits per heavy atom. The number of aromatic amines is 1. The fraction of sp³-hybridized carbons (Fsp3) is 0.125. The molecular weight excluding hydrogens is 239 g/mol. The summed E-state index contributed by atoms with van der Waals surface area (Å²) >= 11 is 0. The van der Waals surface area contributed by atoms with Gasteiger partial charge in [0, 0.05) is 34.9 Å². The smallest absolute Gasteiger partial charge is 0.128 e. The van der Waals surface area contributed by atoms with Crippen LogP contribution in [-0.2, 0) is 6.54 Å². The molecule has 0 saturated carbocycles. The second-order valence-corrected chi connectivity index (χ2v) is 4.63. The maximum absolute atomic E-state index is 13.5. The van der Waals surface area contributed by atoms with Crippen molar-refractivity contribution in [3.63, 3.8) is 0 Å². The summed E-state index contributed by atoms with van der Waals surface area (Å²) in [6, 6.07) is 13.3. The standard InChI is InChI=1S/C16H15FN2/c1-11-14(17)6-4-8-15(11)18-9-12-10-19-16-7-3-2-5-13(12)16/h2-8,10,18-19H,9H2,1H3. The molecule has 1 aromatic heterocycles. The summed E-state index contributed by atoms with van der Waals surface area (Å²) in [5, 5.41) is 4.49. The van der Waals surface area contributed by atoms with Gasteiger partial charge < -0.3 is 10.3 Å². The van der Waals surface area contributed by atoms with Gasteiger partial charge in [0.05, 0.1) is 0 Å². The summed E-state index contributed by atoms with van der Waals surface area (Å²) < 4.78 is 13.5. The van der Waals surface area contributed by atoms with Crippen LogP contribution in [-0.4, -0.2) is 4.98 Å². The van der Waals surface area contributed by atoms with Crippen molar-refractivity contribution in [1.82, 2.24) is 4.98 Å². The van der Waals surface area contributed by atoms with Crippen LogP contribution in [0, 0.1) is 12.7 Å². The number of para-hydroxylation sites is 1. The Bertz CT molecular complexity index is 716. The van der Waals surface area contributed by atoms with Gasteiger partial charge in [-0.05, 0) is 30.7 Å². The minimum atomic E-state index is -0.177. The predicted octanol–water partition coefficient (Wildman–Crippen LogP) is 4.23. The maximum Gasteiger partial charge on any atom is 0.128 e. The number of H-pyrrole nitrogens is 1. The highest BCUT2D eigenvalue weighted by Crippen LogP contribution is 2.21. The fourth-order valence-electron chi connectivity index (χ4n) is 2.27. The van der Waals surface area contributed by atoms with Crippen molar-refractivity contribution in [3.8, 4) is 0 Å². The molecule has 0 fully saturated rings. The summed E-state index contributed by atoms with van der Waals surface area (Å²) in [4.78, 5) is 3.24. The van der Waals surface area contributed by atoms with Gasteiger partial charge in [-0.25, -0.2) is 4.39 Å². The van der Waals surface area contributed by atoms with Gasteiger partial charge in [0.15, 0.2) is 0 Å². The molecule has 0 aliphatic rings. The van der Waals surface area contributed by atoms with Crippen molar-refractivity contribution in [3.05, 3.63) is 65.6 Å². The van der Waals surface area contributed by atoms with Crippen LogP contribution in [0.1, 0.15) is 11.1 Å². The number of nitrogens with one attached hydrogen (secondary N) is 2. The van der Waals surface area contributed by atoms with Crippen LogP contribution in [0.25, 0.3) is 10.9 Å². The van der Waals surface area contributed by atoms with Crippen molar-refractivity contribution in [1.29, 1.82) is 0 Å². The molecule has 3 aromatic rings. The summed E-state index contributed by atoms with van der Waals surface area (Å²) in [5.74, 6) is -0.177. The van der Waals surface area contributed by atoms with Gasteiger partial charge in [-0.3, -0.25) is 0 Å². The van der Waals surface area contributed by atoms with Gasteiger partial charge in [-0.2, -0.15) is 0 Å². The molecule has 0 saturated heterocycles. The highest BCUT2D eigenvalue weighted by atomic mass is 19.1. The number of anilines is 1. The van der Waals surface area contributed by atoms with E-state index in [2.05, 4.69) is 16.4 Å². The molecule has 0 radical (unpaired) electrons. The molecule has 0 bridgehead atoms. The number of rotatable bonds is 3. The molecule has 2 aromatic carbocycles. The molecule has 0 aliphatic heterocycles. The van der Waals surface area contributed by atoms with Crippen LogP contribution in [0.2, 0.25) is 0 Å². The van der Waals surface area contributed by atoms with E-state index in [1.54, 1.807) is 13.0 Å². The molecule has 3 rings (SSSR count). The van der Waals surface area contributed by atoms with Crippen LogP contribution in [0.5, 0.6) is 0 Å². The lowest BCUT2D eigenvalue weighted by Crippen LogP contribution is -2.01. The molecule has 3 heteroatoms. The summed E-state index contributed by atoms with van der Waals surface area (Å²) in [6.07, 6.45) is 1.99. The lowest BCUT2D eigenvalue weighted by atomic mass is 10.1. The van der Waals surface area contributed by atoms with E-state index in [9.17, 15) is 4.39 Å². The van der Waals surface area contributed by atoms with Gasteiger partial charge >= 0.3 is 0 Å². The van der Waals surface area contributed by atoms with Crippen LogP contribution in [0.3, 0.4) is 0 Å². The molecule has 1 heterocycles. The van der Waals surface area contributed by atoms with E-state index in [1.807, 2.05) is 30.5 Å². The van der Waals surface area contributed by atoms with Crippen molar-refractivity contribution < 1.29 is 4.39 Å². The highest BCUT2D eigenvalue weighted by Gasteiger charge is 2.05. The van der Waals surface area contributed by atoms with E-state index in [-0.39, 0.29) is 5.82 Å². The minimum absolute atomic E-state index is 0.177. The predicted molar refractivity (Wildman–Crippen MR) is 76.8 cm³/mol. The second-order valence-electron chi connectivity index (χ2n) is 4.63. The van der Waals surface area contributed by atoms with Crippen LogP contribution in [0.15, 0.2) is 48.7 Å². The molecule has 19 heavy (non-hydrogen) atoms. The first-order chi connectivity index (χ1) is 9.25. The number of aromatic nitrogens is 1. The Morgan fingerprint density at radius 1 is 1.11 bits per heavy atom. The zero-order valence-electron chi connectivity index (χ0n) is 10.7. The zero-order valence-corrected chi connectivity index (χ0v) is 10.7. The molecule has 2 N–H and O–H groups in total. The lowest BCUT2D eigenvalue weighted by molar-refractivity contribution is 0.619. The molecule has 0 spiro atoms. The second kappa shape index (κ2) is 4.76. The number of halogens is 1. The van der Waals surface area contributed by atoms with E-state index >= 15 is 0 Å². The molecule has 96 valence electrons. The molecule has 0 amide bonds. The third-order valence-electron chi connectivity index (χ3n) is 3.41. The lowest BCUT2D eigenvalue weighted by Gasteiger charge is -2.09. The van der Waals surface area contributed by atoms with Gasteiger partial charge in [0.2, 0.25) is 0 Å². The van der Waals surface area contributed by atoms with Gasteiger partial charge in [0.25, 0.3) is 0 Å². The molecule has 0 atom stereocenters. The highest BCUT2D eigenvalue weighted by molar-refractivity contribution is 5.83. The Hall–Kier alpha value is -2.29. The quantitative estimate of drug-likeness (QED) is 0.719. The van der Waals surface area contributed by atoms with E-state index in [1.165, 1.54) is 17.0 Å². The Morgan fingerprint density at radius 2 is 1.95 bits per heavy atom. The van der Waals surface area contributed by atoms with Crippen LogP contribution in [0.4, 0.5) is 10.1 Å². The van der Waals surface area contributed by atoms with Crippen molar-refractivity contribution in [2.24, 2.45) is 0 Å². The summed E-state index contributed by atoms with van der Waals surface area (Å²) in [5.41, 5.74) is 3.79. The van der Waals surface area contributed by atoms with Crippen molar-refractivity contribution >= 4 is 16.6 Å². The minimum Gasteiger partial charge on any atom is -0.381 e. The number of benzene rings is 2. The van der Waals surface area contributed by atoms with Crippen molar-refractivity contribution in [2.45, 2.75) is 13.5 Å². The van der Waals surface area contributed by atoms with E-state index in [0.717, 1.165) is 11.2 Å². The van der Waals surface area contributed by atoms with Gasteiger partial charge in [-0.1, -0.05) is 24.3 Å².